The number of fused-ring (bicyclic) bond motifs is 1. The first-order valence-electron chi connectivity index (χ1n) is 9.97. The summed E-state index contributed by atoms with van der Waals surface area (Å²) < 4.78 is 34.9. The fourth-order valence-electron chi connectivity index (χ4n) is 3.62. The third-order valence-corrected chi connectivity index (χ3v) is 5.42. The number of hydrogen-bond donors (Lipinski definition) is 3. The van der Waals surface area contributed by atoms with E-state index in [1.807, 2.05) is 13.8 Å². The first-order chi connectivity index (χ1) is 15.2. The summed E-state index contributed by atoms with van der Waals surface area (Å²) in [4.78, 5) is 24.6. The lowest BCUT2D eigenvalue weighted by Gasteiger charge is -2.25. The largest absolute Gasteiger partial charge is 0.495 e. The van der Waals surface area contributed by atoms with Crippen molar-refractivity contribution in [2.75, 3.05) is 19.0 Å². The predicted octanol–water partition coefficient (Wildman–Crippen LogP) is 3.79. The van der Waals surface area contributed by atoms with E-state index in [-0.39, 0.29) is 41.5 Å². The number of benzene rings is 2. The Morgan fingerprint density at radius 3 is 2.41 bits per heavy atom. The second kappa shape index (κ2) is 9.35. The number of halogens is 2. The molecule has 0 fully saturated rings. The van der Waals surface area contributed by atoms with E-state index in [2.05, 4.69) is 5.32 Å². The number of aliphatic hydroxyl groups excluding tert-OH is 1. The van der Waals surface area contributed by atoms with Gasteiger partial charge in [0.1, 0.15) is 22.9 Å². The molecule has 9 heteroatoms. The Bertz CT molecular complexity index is 1200. The topological polar surface area (TPSA) is 101 Å². The van der Waals surface area contributed by atoms with Crippen LogP contribution < -0.4 is 15.5 Å². The molecule has 0 bridgehead atoms. The SMILES string of the molecule is COc1cc2c(cc1NCc1c(F)cccc1F)c(=O)c(C(=O)O)cn2[C@H](CO)C(C)C. The lowest BCUT2D eigenvalue weighted by molar-refractivity contribution is 0.0694. The molecule has 1 aromatic heterocycles. The molecule has 0 aliphatic heterocycles. The maximum Gasteiger partial charge on any atom is 0.341 e. The molecule has 0 spiro atoms. The Hall–Kier alpha value is -3.46. The first-order valence-corrected chi connectivity index (χ1v) is 9.97. The van der Waals surface area contributed by atoms with Gasteiger partial charge in [-0.25, -0.2) is 13.6 Å². The lowest BCUT2D eigenvalue weighted by Crippen LogP contribution is -2.25. The number of hydrogen-bond acceptors (Lipinski definition) is 5. The number of pyridine rings is 1. The maximum absolute atomic E-state index is 14.0. The Morgan fingerprint density at radius 2 is 1.88 bits per heavy atom. The highest BCUT2D eigenvalue weighted by Gasteiger charge is 2.22. The summed E-state index contributed by atoms with van der Waals surface area (Å²) in [5.41, 5.74) is -0.725. The van der Waals surface area contributed by atoms with E-state index in [1.165, 1.54) is 31.5 Å². The van der Waals surface area contributed by atoms with Crippen LogP contribution in [0.5, 0.6) is 5.75 Å². The molecule has 2 aromatic carbocycles. The molecule has 0 unspecified atom stereocenters. The van der Waals surface area contributed by atoms with Crippen molar-refractivity contribution >= 4 is 22.6 Å². The minimum atomic E-state index is -1.40. The van der Waals surface area contributed by atoms with Crippen LogP contribution in [-0.2, 0) is 6.54 Å². The summed E-state index contributed by atoms with van der Waals surface area (Å²) in [6.45, 7) is 3.23. The average molecular weight is 446 g/mol. The third-order valence-electron chi connectivity index (χ3n) is 5.42. The summed E-state index contributed by atoms with van der Waals surface area (Å²) in [6.07, 6.45) is 1.22. The predicted molar refractivity (Wildman–Crippen MR) is 116 cm³/mol. The molecule has 7 nitrogen and oxygen atoms in total. The summed E-state index contributed by atoms with van der Waals surface area (Å²) >= 11 is 0. The number of aliphatic hydroxyl groups is 1. The van der Waals surface area contributed by atoms with E-state index < -0.39 is 34.6 Å². The van der Waals surface area contributed by atoms with Crippen LogP contribution in [0.25, 0.3) is 10.9 Å². The van der Waals surface area contributed by atoms with E-state index >= 15 is 0 Å². The van der Waals surface area contributed by atoms with Gasteiger partial charge in [0.2, 0.25) is 5.43 Å². The highest BCUT2D eigenvalue weighted by molar-refractivity contribution is 5.94. The van der Waals surface area contributed by atoms with E-state index in [9.17, 15) is 28.6 Å². The van der Waals surface area contributed by atoms with Crippen molar-refractivity contribution in [1.82, 2.24) is 4.57 Å². The van der Waals surface area contributed by atoms with Crippen molar-refractivity contribution in [2.24, 2.45) is 5.92 Å². The fourth-order valence-corrected chi connectivity index (χ4v) is 3.62. The molecule has 1 atom stereocenters. The van der Waals surface area contributed by atoms with E-state index in [0.717, 1.165) is 12.1 Å². The number of rotatable bonds is 8. The number of methoxy groups -OCH3 is 1. The molecule has 0 aliphatic carbocycles. The van der Waals surface area contributed by atoms with Crippen LogP contribution in [0.3, 0.4) is 0 Å². The molecular weight excluding hydrogens is 422 g/mol. The number of ether oxygens (including phenoxy) is 1. The van der Waals surface area contributed by atoms with Crippen LogP contribution in [0.15, 0.2) is 41.3 Å². The lowest BCUT2D eigenvalue weighted by atomic mass is 10.0. The number of aromatic carboxylic acids is 1. The highest BCUT2D eigenvalue weighted by Crippen LogP contribution is 2.32. The monoisotopic (exact) mass is 446 g/mol. The third kappa shape index (κ3) is 4.29. The Labute approximate surface area is 182 Å². The molecule has 170 valence electrons. The van der Waals surface area contributed by atoms with Gasteiger partial charge in [0.25, 0.3) is 0 Å². The summed E-state index contributed by atoms with van der Waals surface area (Å²) in [5.74, 6) is -2.64. The van der Waals surface area contributed by atoms with Gasteiger partial charge in [-0.15, -0.1) is 0 Å². The number of nitrogens with zero attached hydrogens (tertiary/aromatic N) is 1. The van der Waals surface area contributed by atoms with Crippen molar-refractivity contribution in [1.29, 1.82) is 0 Å². The summed E-state index contributed by atoms with van der Waals surface area (Å²) in [5, 5.41) is 22.4. The van der Waals surface area contributed by atoms with Gasteiger partial charge in [-0.1, -0.05) is 19.9 Å². The van der Waals surface area contributed by atoms with Crippen LogP contribution in [-0.4, -0.2) is 34.5 Å². The zero-order valence-electron chi connectivity index (χ0n) is 17.9. The normalized spacial score (nSPS) is 12.2. The van der Waals surface area contributed by atoms with Crippen molar-refractivity contribution < 1.29 is 28.5 Å². The summed E-state index contributed by atoms with van der Waals surface area (Å²) in [7, 11) is 1.40. The molecule has 3 aromatic rings. The van der Waals surface area contributed by atoms with E-state index in [4.69, 9.17) is 4.74 Å². The zero-order chi connectivity index (χ0) is 23.6. The standard InChI is InChI=1S/C23H24F2N2O5/c1-12(2)20(11-28)27-10-15(23(30)31)22(29)13-7-18(21(32-3)8-19(13)27)26-9-14-16(24)5-4-6-17(14)25/h4-8,10,12,20,26,28H,9,11H2,1-3H3,(H,30,31)/t20-/m1/s1. The molecule has 0 radical (unpaired) electrons. The van der Waals surface area contributed by atoms with Crippen molar-refractivity contribution in [3.63, 3.8) is 0 Å². The van der Waals surface area contributed by atoms with Crippen LogP contribution >= 0.6 is 0 Å². The Balaban J connectivity index is 2.21. The molecule has 0 amide bonds. The molecule has 32 heavy (non-hydrogen) atoms. The highest BCUT2D eigenvalue weighted by atomic mass is 19.1. The fraction of sp³-hybridized carbons (Fsp3) is 0.304. The van der Waals surface area contributed by atoms with Gasteiger partial charge in [-0.05, 0) is 24.1 Å². The van der Waals surface area contributed by atoms with E-state index in [1.54, 1.807) is 4.57 Å². The molecule has 0 saturated heterocycles. The van der Waals surface area contributed by atoms with Gasteiger partial charge in [-0.2, -0.15) is 0 Å². The van der Waals surface area contributed by atoms with Crippen LogP contribution in [0, 0.1) is 17.6 Å². The molecule has 0 saturated carbocycles. The minimum Gasteiger partial charge on any atom is -0.495 e. The number of aromatic nitrogens is 1. The Kier molecular flexibility index (Phi) is 6.78. The van der Waals surface area contributed by atoms with Gasteiger partial charge < -0.3 is 24.8 Å². The van der Waals surface area contributed by atoms with E-state index in [0.29, 0.717) is 5.52 Å². The summed E-state index contributed by atoms with van der Waals surface area (Å²) in [6, 6.07) is 5.97. The Morgan fingerprint density at radius 1 is 1.22 bits per heavy atom. The maximum atomic E-state index is 14.0. The van der Waals surface area contributed by atoms with Gasteiger partial charge in [0.15, 0.2) is 0 Å². The van der Waals surface area contributed by atoms with Crippen LogP contribution in [0.1, 0.15) is 35.8 Å². The van der Waals surface area contributed by atoms with Gasteiger partial charge in [-0.3, -0.25) is 4.79 Å². The van der Waals surface area contributed by atoms with Crippen LogP contribution in [0.4, 0.5) is 14.5 Å². The quantitative estimate of drug-likeness (QED) is 0.487. The number of carbonyl (C=O) groups is 1. The van der Waals surface area contributed by atoms with Gasteiger partial charge in [0, 0.05) is 29.8 Å². The van der Waals surface area contributed by atoms with Gasteiger partial charge >= 0.3 is 5.97 Å². The average Bonchev–Trinajstić information content (AvgIpc) is 2.74. The molecule has 0 aliphatic rings. The molecular formula is C23H24F2N2O5. The van der Waals surface area contributed by atoms with Crippen molar-refractivity contribution in [3.8, 4) is 5.75 Å². The van der Waals surface area contributed by atoms with Crippen molar-refractivity contribution in [3.05, 3.63) is 69.5 Å². The minimum absolute atomic E-state index is 0.0693. The number of carboxylic acid groups (broad SMARTS) is 1. The van der Waals surface area contributed by atoms with Gasteiger partial charge in [0.05, 0.1) is 31.0 Å². The molecule has 3 rings (SSSR count). The second-order valence-electron chi connectivity index (χ2n) is 7.70. The molecule has 3 N–H and O–H groups in total. The first kappa shape index (κ1) is 23.2. The van der Waals surface area contributed by atoms with Crippen molar-refractivity contribution in [2.45, 2.75) is 26.4 Å². The zero-order valence-corrected chi connectivity index (χ0v) is 17.9. The number of anilines is 1. The smallest absolute Gasteiger partial charge is 0.341 e. The number of nitrogens with one attached hydrogen (secondary N) is 1. The number of carboxylic acids is 1. The second-order valence-corrected chi connectivity index (χ2v) is 7.70. The van der Waals surface area contributed by atoms with Crippen LogP contribution in [0.2, 0.25) is 0 Å². The molecule has 1 heterocycles.